The van der Waals surface area contributed by atoms with Crippen LogP contribution in [0.5, 0.6) is 0 Å². The van der Waals surface area contributed by atoms with Crippen LogP contribution in [-0.2, 0) is 0 Å². The van der Waals surface area contributed by atoms with Gasteiger partial charge in [-0.05, 0) is 13.0 Å². The van der Waals surface area contributed by atoms with Crippen LogP contribution in [0.1, 0.15) is 25.3 Å². The fraction of sp³-hybridized carbons (Fsp3) is 0.647. The lowest BCUT2D eigenvalue weighted by Crippen LogP contribution is -2.57. The molecule has 2 aliphatic rings. The van der Waals surface area contributed by atoms with E-state index in [2.05, 4.69) is 33.3 Å². The predicted molar refractivity (Wildman–Crippen MR) is 94.9 cm³/mol. The van der Waals surface area contributed by atoms with Crippen molar-refractivity contribution >= 4 is 23.7 Å². The van der Waals surface area contributed by atoms with Crippen molar-refractivity contribution in [1.82, 2.24) is 14.9 Å². The number of hydrogen-bond donors (Lipinski definition) is 0. The highest BCUT2D eigenvalue weighted by Crippen LogP contribution is 2.42. The van der Waals surface area contributed by atoms with Gasteiger partial charge in [-0.3, -0.25) is 0 Å². The molecular weight excluding hydrogens is 349 g/mol. The molecule has 0 aromatic carbocycles. The molecule has 0 amide bonds. The van der Waals surface area contributed by atoms with E-state index in [0.717, 1.165) is 62.3 Å². The van der Waals surface area contributed by atoms with Gasteiger partial charge in [0.05, 0.1) is 6.42 Å². The molecule has 3 rings (SSSR count). The summed E-state index contributed by atoms with van der Waals surface area (Å²) in [6.45, 7) is 11.2. The molecule has 0 bridgehead atoms. The van der Waals surface area contributed by atoms with E-state index in [9.17, 15) is 13.2 Å². The van der Waals surface area contributed by atoms with Gasteiger partial charge >= 0.3 is 6.18 Å². The van der Waals surface area contributed by atoms with E-state index in [1.165, 1.54) is 6.33 Å². The van der Waals surface area contributed by atoms with Gasteiger partial charge in [0.15, 0.2) is 0 Å². The molecule has 1 aromatic rings. The van der Waals surface area contributed by atoms with Crippen molar-refractivity contribution < 1.29 is 13.2 Å². The van der Waals surface area contributed by atoms with Crippen molar-refractivity contribution in [3.63, 3.8) is 0 Å². The molecule has 0 N–H and O–H groups in total. The fourth-order valence-corrected chi connectivity index (χ4v) is 4.66. The van der Waals surface area contributed by atoms with E-state index in [0.29, 0.717) is 10.4 Å². The van der Waals surface area contributed by atoms with Gasteiger partial charge in [0.25, 0.3) is 0 Å². The first kappa shape index (κ1) is 18.5. The number of likely N-dealkylation sites (tertiary alicyclic amines) is 1. The maximum Gasteiger partial charge on any atom is 0.389 e. The second-order valence-electron chi connectivity index (χ2n) is 6.81. The van der Waals surface area contributed by atoms with E-state index in [4.69, 9.17) is 0 Å². The van der Waals surface area contributed by atoms with Gasteiger partial charge in [0.2, 0.25) is 0 Å². The lowest BCUT2D eigenvalue weighted by Gasteiger charge is -2.47. The molecule has 0 unspecified atom stereocenters. The Labute approximate surface area is 150 Å². The number of aromatic nitrogens is 2. The third-order valence-electron chi connectivity index (χ3n) is 4.96. The van der Waals surface area contributed by atoms with E-state index in [-0.39, 0.29) is 5.75 Å². The summed E-state index contributed by atoms with van der Waals surface area (Å²) in [7, 11) is 0. The monoisotopic (exact) mass is 372 g/mol. The summed E-state index contributed by atoms with van der Waals surface area (Å²) in [6, 6.07) is 0. The standard InChI is InChI=1S/C17H23F3N4S/c1-3-13-14(21-12-22-15(13)25-8-6-17(18,19)20)24-7-5-16(11-24)9-23(4-2)10-16/h3,12H,1,4-11H2,2H3. The molecule has 2 fully saturated rings. The Morgan fingerprint density at radius 3 is 2.72 bits per heavy atom. The topological polar surface area (TPSA) is 32.3 Å². The van der Waals surface area contributed by atoms with Crippen LogP contribution in [0.2, 0.25) is 0 Å². The van der Waals surface area contributed by atoms with E-state index in [1.807, 2.05) is 0 Å². The number of thioether (sulfide) groups is 1. The Bertz CT molecular complexity index is 629. The van der Waals surface area contributed by atoms with Crippen LogP contribution in [0.3, 0.4) is 0 Å². The molecule has 3 heterocycles. The van der Waals surface area contributed by atoms with Crippen molar-refractivity contribution in [2.24, 2.45) is 5.41 Å². The highest BCUT2D eigenvalue weighted by Gasteiger charge is 2.47. The third kappa shape index (κ3) is 4.11. The average Bonchev–Trinajstić information content (AvgIpc) is 2.97. The average molecular weight is 372 g/mol. The molecule has 0 atom stereocenters. The van der Waals surface area contributed by atoms with E-state index >= 15 is 0 Å². The zero-order chi connectivity index (χ0) is 18.1. The van der Waals surface area contributed by atoms with Gasteiger partial charge in [-0.2, -0.15) is 13.2 Å². The number of hydrogen-bond acceptors (Lipinski definition) is 5. The largest absolute Gasteiger partial charge is 0.389 e. The van der Waals surface area contributed by atoms with Crippen LogP contribution in [0.15, 0.2) is 17.9 Å². The fourth-order valence-electron chi connectivity index (χ4n) is 3.68. The Morgan fingerprint density at radius 1 is 1.32 bits per heavy atom. The van der Waals surface area contributed by atoms with Gasteiger partial charge in [-0.15, -0.1) is 11.8 Å². The summed E-state index contributed by atoms with van der Waals surface area (Å²) in [4.78, 5) is 13.2. The first-order chi connectivity index (χ1) is 11.9. The minimum Gasteiger partial charge on any atom is -0.355 e. The molecule has 1 aromatic heterocycles. The van der Waals surface area contributed by atoms with E-state index in [1.54, 1.807) is 6.08 Å². The van der Waals surface area contributed by atoms with Crippen molar-refractivity contribution in [2.45, 2.75) is 31.0 Å². The van der Waals surface area contributed by atoms with Gasteiger partial charge in [-0.25, -0.2) is 9.97 Å². The molecule has 0 radical (unpaired) electrons. The number of alkyl halides is 3. The summed E-state index contributed by atoms with van der Waals surface area (Å²) in [5, 5.41) is 0.578. The Morgan fingerprint density at radius 2 is 2.08 bits per heavy atom. The summed E-state index contributed by atoms with van der Waals surface area (Å²) >= 11 is 1.12. The third-order valence-corrected chi connectivity index (χ3v) is 5.96. The Balaban J connectivity index is 1.70. The maximum atomic E-state index is 12.4. The van der Waals surface area contributed by atoms with Crippen molar-refractivity contribution in [3.05, 3.63) is 18.5 Å². The Kier molecular flexibility index (Phi) is 5.29. The quantitative estimate of drug-likeness (QED) is 0.562. The van der Waals surface area contributed by atoms with Crippen molar-refractivity contribution in [1.29, 1.82) is 0 Å². The van der Waals surface area contributed by atoms with Gasteiger partial charge in [0, 0.05) is 42.9 Å². The van der Waals surface area contributed by atoms with E-state index < -0.39 is 12.6 Å². The van der Waals surface area contributed by atoms with Gasteiger partial charge in [-0.1, -0.05) is 19.6 Å². The number of anilines is 1. The smallest absolute Gasteiger partial charge is 0.355 e. The molecule has 2 saturated heterocycles. The maximum absolute atomic E-state index is 12.4. The Hall–Kier alpha value is -1.28. The normalized spacial score (nSPS) is 20.1. The zero-order valence-electron chi connectivity index (χ0n) is 14.3. The second kappa shape index (κ2) is 7.15. The summed E-state index contributed by atoms with van der Waals surface area (Å²) in [6.07, 6.45) is -0.737. The van der Waals surface area contributed by atoms with Gasteiger partial charge < -0.3 is 9.80 Å². The minimum atomic E-state index is -4.14. The van der Waals surface area contributed by atoms with Gasteiger partial charge in [0.1, 0.15) is 17.2 Å². The molecular formula is C17H23F3N4S. The van der Waals surface area contributed by atoms with Crippen LogP contribution >= 0.6 is 11.8 Å². The zero-order valence-corrected chi connectivity index (χ0v) is 15.2. The first-order valence-electron chi connectivity index (χ1n) is 8.50. The molecule has 0 saturated carbocycles. The summed E-state index contributed by atoms with van der Waals surface area (Å²) in [5.74, 6) is 0.752. The lowest BCUT2D eigenvalue weighted by molar-refractivity contribution is -0.129. The summed E-state index contributed by atoms with van der Waals surface area (Å²) in [5.41, 5.74) is 1.08. The molecule has 4 nitrogen and oxygen atoms in total. The molecule has 2 aliphatic heterocycles. The highest BCUT2D eigenvalue weighted by molar-refractivity contribution is 7.99. The number of rotatable bonds is 6. The van der Waals surface area contributed by atoms with Crippen molar-refractivity contribution in [2.75, 3.05) is 43.4 Å². The summed E-state index contributed by atoms with van der Waals surface area (Å²) < 4.78 is 37.1. The minimum absolute atomic E-state index is 0.0454. The number of nitrogens with zero attached hydrogens (tertiary/aromatic N) is 4. The highest BCUT2D eigenvalue weighted by atomic mass is 32.2. The molecule has 1 spiro atoms. The van der Waals surface area contributed by atoms with Crippen LogP contribution in [0, 0.1) is 5.41 Å². The SMILES string of the molecule is C=Cc1c(SCCC(F)(F)F)ncnc1N1CCC2(CN(CC)C2)C1. The van der Waals surface area contributed by atoms with Crippen LogP contribution in [0.25, 0.3) is 6.08 Å². The second-order valence-corrected chi connectivity index (χ2v) is 7.89. The molecule has 138 valence electrons. The van der Waals surface area contributed by atoms with Crippen LogP contribution in [0.4, 0.5) is 19.0 Å². The molecule has 25 heavy (non-hydrogen) atoms. The lowest BCUT2D eigenvalue weighted by atomic mass is 9.79. The molecule has 0 aliphatic carbocycles. The first-order valence-corrected chi connectivity index (χ1v) is 9.49. The van der Waals surface area contributed by atoms with Crippen LogP contribution in [-0.4, -0.2) is 59.5 Å². The van der Waals surface area contributed by atoms with Crippen LogP contribution < -0.4 is 4.90 Å². The number of halogens is 3. The predicted octanol–water partition coefficient (Wildman–Crippen LogP) is 3.70. The van der Waals surface area contributed by atoms with Crippen molar-refractivity contribution in [3.8, 4) is 0 Å². The molecule has 8 heteroatoms.